The molecule has 0 nitrogen and oxygen atoms in total. The first-order chi connectivity index (χ1) is 3.62. The van der Waals surface area contributed by atoms with Crippen molar-refractivity contribution in [2.75, 3.05) is 0 Å². The van der Waals surface area contributed by atoms with Gasteiger partial charge in [0.1, 0.15) is 0 Å². The average molecular weight is 167 g/mol. The lowest BCUT2D eigenvalue weighted by molar-refractivity contribution is 1.70. The van der Waals surface area contributed by atoms with Gasteiger partial charge in [0.2, 0.25) is 0 Å². The van der Waals surface area contributed by atoms with Gasteiger partial charge in [-0.15, -0.1) is 35.3 Å². The predicted octanol–water partition coefficient (Wildman–Crippen LogP) is 2.82. The highest BCUT2D eigenvalue weighted by molar-refractivity contribution is 7.47. The van der Waals surface area contributed by atoms with E-state index in [-0.39, 0.29) is 0 Å². The van der Waals surface area contributed by atoms with Crippen LogP contribution in [0.15, 0.2) is 24.9 Å². The molecule has 0 aromatic rings. The first-order valence-electron chi connectivity index (χ1n) is 2.24. The van der Waals surface area contributed by atoms with E-state index in [9.17, 15) is 0 Å². The van der Waals surface area contributed by atoms with E-state index >= 15 is 0 Å². The number of allylic oxidation sites excluding steroid dienone is 1. The lowest BCUT2D eigenvalue weighted by atomic mass is 10.8. The number of halogens is 2. The van der Waals surface area contributed by atoms with E-state index < -0.39 is 6.69 Å². The van der Waals surface area contributed by atoms with Gasteiger partial charge in [-0.05, 0) is 6.04 Å². The molecule has 0 aromatic carbocycles. The summed E-state index contributed by atoms with van der Waals surface area (Å²) in [5, 5.41) is 0. The largest absolute Gasteiger partial charge is 0.276 e. The van der Waals surface area contributed by atoms with E-state index in [1.54, 1.807) is 11.8 Å². The Balaban J connectivity index is 3.70. The van der Waals surface area contributed by atoms with Gasteiger partial charge in [-0.2, -0.15) is 0 Å². The molecule has 8 heavy (non-hydrogen) atoms. The van der Waals surface area contributed by atoms with Crippen LogP contribution in [0.3, 0.4) is 0 Å². The summed E-state index contributed by atoms with van der Waals surface area (Å²) in [5.41, 5.74) is 1.62. The van der Waals surface area contributed by atoms with Gasteiger partial charge in [0.05, 0.1) is 0 Å². The van der Waals surface area contributed by atoms with Gasteiger partial charge >= 0.3 is 0 Å². The molecule has 0 atom stereocenters. The van der Waals surface area contributed by atoms with Gasteiger partial charge in [0, 0.05) is 0 Å². The molecule has 0 rings (SSSR count). The Morgan fingerprint density at radius 1 is 1.38 bits per heavy atom. The SMILES string of the molecule is C=CC[Si](Cl)(Cl)C=C. The number of hydrogen-bond acceptors (Lipinski definition) is 0. The lowest BCUT2D eigenvalue weighted by Gasteiger charge is -2.04. The Bertz CT molecular complexity index is 98.6. The Hall–Kier alpha value is 0.277. The zero-order valence-electron chi connectivity index (χ0n) is 4.53. The maximum absolute atomic E-state index is 5.74. The third-order valence-corrected chi connectivity index (χ3v) is 4.00. The van der Waals surface area contributed by atoms with Gasteiger partial charge in [-0.25, -0.2) is 0 Å². The molecule has 46 valence electrons. The molecular formula is C5H8Cl2Si. The molecule has 0 heterocycles. The minimum atomic E-state index is -2.09. The second-order valence-corrected chi connectivity index (χ2v) is 8.42. The molecule has 0 bridgehead atoms. The average Bonchev–Trinajstić information content (AvgIpc) is 1.67. The van der Waals surface area contributed by atoms with Crippen molar-refractivity contribution in [1.82, 2.24) is 0 Å². The molecule has 0 N–H and O–H groups in total. The summed E-state index contributed by atoms with van der Waals surface area (Å²) in [6.07, 6.45) is 1.72. The standard InChI is InChI=1S/C5H8Cl2Si/c1-3-5-8(6,7)4-2/h3-4H,1-2,5H2. The van der Waals surface area contributed by atoms with Crippen LogP contribution in [-0.4, -0.2) is 6.69 Å². The molecule has 3 heteroatoms. The monoisotopic (exact) mass is 166 g/mol. The molecule has 0 saturated heterocycles. The van der Waals surface area contributed by atoms with Crippen molar-refractivity contribution in [3.8, 4) is 0 Å². The molecule has 0 amide bonds. The highest BCUT2D eigenvalue weighted by Crippen LogP contribution is 2.20. The summed E-state index contributed by atoms with van der Waals surface area (Å²) in [7, 11) is 0. The predicted molar refractivity (Wildman–Crippen MR) is 42.7 cm³/mol. The Morgan fingerprint density at radius 3 is 2.00 bits per heavy atom. The fourth-order valence-electron chi connectivity index (χ4n) is 0.276. The number of hydrogen-bond donors (Lipinski definition) is 0. The molecule has 0 radical (unpaired) electrons. The van der Waals surface area contributed by atoms with E-state index in [0.717, 1.165) is 0 Å². The van der Waals surface area contributed by atoms with Crippen LogP contribution in [0.1, 0.15) is 0 Å². The maximum atomic E-state index is 5.74. The van der Waals surface area contributed by atoms with E-state index in [0.29, 0.717) is 6.04 Å². The van der Waals surface area contributed by atoms with Crippen molar-refractivity contribution in [3.63, 3.8) is 0 Å². The van der Waals surface area contributed by atoms with E-state index in [2.05, 4.69) is 13.2 Å². The Labute approximate surface area is 60.2 Å². The molecule has 0 spiro atoms. The Morgan fingerprint density at radius 2 is 1.88 bits per heavy atom. The normalized spacial score (nSPS) is 10.8. The topological polar surface area (TPSA) is 0 Å². The van der Waals surface area contributed by atoms with Crippen molar-refractivity contribution in [2.24, 2.45) is 0 Å². The second kappa shape index (κ2) is 3.33. The molecule has 0 aliphatic rings. The third kappa shape index (κ3) is 3.30. The fourth-order valence-corrected chi connectivity index (χ4v) is 1.48. The van der Waals surface area contributed by atoms with E-state index in [1.807, 2.05) is 0 Å². The van der Waals surface area contributed by atoms with Gasteiger partial charge in [0.15, 0.2) is 0 Å². The lowest BCUT2D eigenvalue weighted by Crippen LogP contribution is -2.12. The third-order valence-electron chi connectivity index (χ3n) is 0.715. The van der Waals surface area contributed by atoms with Gasteiger partial charge in [-0.1, -0.05) is 11.8 Å². The van der Waals surface area contributed by atoms with Crippen LogP contribution in [0.5, 0.6) is 0 Å². The van der Waals surface area contributed by atoms with Crippen molar-refractivity contribution >= 4 is 28.9 Å². The molecule has 0 fully saturated rings. The summed E-state index contributed by atoms with van der Waals surface area (Å²) in [5.74, 6) is 0. The Kier molecular flexibility index (Phi) is 3.45. The first-order valence-corrected chi connectivity index (χ1v) is 6.55. The van der Waals surface area contributed by atoms with E-state index in [4.69, 9.17) is 22.2 Å². The van der Waals surface area contributed by atoms with Gasteiger partial charge in [0.25, 0.3) is 6.69 Å². The zero-order valence-corrected chi connectivity index (χ0v) is 7.04. The van der Waals surface area contributed by atoms with Gasteiger partial charge < -0.3 is 0 Å². The smallest absolute Gasteiger partial charge is 0.140 e. The van der Waals surface area contributed by atoms with Crippen LogP contribution in [0.4, 0.5) is 0 Å². The van der Waals surface area contributed by atoms with Crippen molar-refractivity contribution in [3.05, 3.63) is 24.9 Å². The summed E-state index contributed by atoms with van der Waals surface area (Å²) in [4.78, 5) is 0. The van der Waals surface area contributed by atoms with Crippen molar-refractivity contribution < 1.29 is 0 Å². The minimum absolute atomic E-state index is 0.680. The van der Waals surface area contributed by atoms with Crippen LogP contribution in [0.2, 0.25) is 6.04 Å². The van der Waals surface area contributed by atoms with Crippen molar-refractivity contribution in [2.45, 2.75) is 6.04 Å². The summed E-state index contributed by atoms with van der Waals surface area (Å²) in [6, 6.07) is 0.680. The van der Waals surface area contributed by atoms with Crippen LogP contribution < -0.4 is 0 Å². The first kappa shape index (κ1) is 8.28. The van der Waals surface area contributed by atoms with Crippen LogP contribution in [-0.2, 0) is 0 Å². The van der Waals surface area contributed by atoms with Crippen molar-refractivity contribution in [1.29, 1.82) is 0 Å². The van der Waals surface area contributed by atoms with Crippen LogP contribution in [0, 0.1) is 0 Å². The number of rotatable bonds is 3. The second-order valence-electron chi connectivity index (χ2n) is 1.46. The van der Waals surface area contributed by atoms with E-state index in [1.165, 1.54) is 0 Å². The molecular weight excluding hydrogens is 159 g/mol. The molecule has 0 aliphatic heterocycles. The van der Waals surface area contributed by atoms with Crippen LogP contribution >= 0.6 is 22.2 Å². The fraction of sp³-hybridized carbons (Fsp3) is 0.200. The summed E-state index contributed by atoms with van der Waals surface area (Å²) in [6.45, 7) is 4.93. The molecule has 0 unspecified atom stereocenters. The summed E-state index contributed by atoms with van der Waals surface area (Å²) >= 11 is 11.5. The zero-order chi connectivity index (χ0) is 6.62. The molecule has 0 aliphatic carbocycles. The quantitative estimate of drug-likeness (QED) is 0.344. The summed E-state index contributed by atoms with van der Waals surface area (Å²) < 4.78 is 0. The maximum Gasteiger partial charge on any atom is 0.276 e. The highest BCUT2D eigenvalue weighted by Gasteiger charge is 2.20. The van der Waals surface area contributed by atoms with Gasteiger partial charge in [-0.3, -0.25) is 0 Å². The molecule has 0 aromatic heterocycles. The highest BCUT2D eigenvalue weighted by atomic mass is 35.7. The minimum Gasteiger partial charge on any atom is -0.140 e. The molecule has 0 saturated carbocycles. The van der Waals surface area contributed by atoms with Crippen LogP contribution in [0.25, 0.3) is 0 Å².